The van der Waals surface area contributed by atoms with Crippen LogP contribution < -0.4 is 5.43 Å². The Morgan fingerprint density at radius 1 is 1.30 bits per heavy atom. The highest BCUT2D eigenvalue weighted by Gasteiger charge is 2.14. The van der Waals surface area contributed by atoms with Gasteiger partial charge in [0.15, 0.2) is 0 Å². The quantitative estimate of drug-likeness (QED) is 0.802. The largest absolute Gasteiger partial charge is 0.384 e. The fourth-order valence-electron chi connectivity index (χ4n) is 2.34. The van der Waals surface area contributed by atoms with Crippen molar-refractivity contribution in [3.05, 3.63) is 34.9 Å². The van der Waals surface area contributed by atoms with E-state index in [0.717, 1.165) is 37.1 Å². The van der Waals surface area contributed by atoms with Crippen LogP contribution in [0.2, 0.25) is 0 Å². The number of rotatable bonds is 2. The van der Waals surface area contributed by atoms with Crippen LogP contribution in [-0.4, -0.2) is 35.7 Å². The molecule has 0 atom stereocenters. The Labute approximate surface area is 119 Å². The molecule has 0 aliphatic carbocycles. The second kappa shape index (κ2) is 7.09. The number of carbonyl (C=O) groups excluding carboxylic acids is 1. The molecular formula is C16H20N2O2. The standard InChI is InChI=1S/C16H20N2O2/c1-13-10-14(6-5-9-19)12-15(11-13)16(20)17-18-7-3-2-4-8-18/h10-12,19H,2-4,7-9H2,1H3,(H,17,20). The number of aliphatic hydroxyl groups is 1. The van der Waals surface area contributed by atoms with E-state index < -0.39 is 0 Å². The first-order valence-corrected chi connectivity index (χ1v) is 6.96. The van der Waals surface area contributed by atoms with Crippen molar-refractivity contribution < 1.29 is 9.90 Å². The highest BCUT2D eigenvalue weighted by molar-refractivity contribution is 5.94. The van der Waals surface area contributed by atoms with Crippen molar-refractivity contribution in [3.63, 3.8) is 0 Å². The minimum Gasteiger partial charge on any atom is -0.384 e. The third-order valence-electron chi connectivity index (χ3n) is 3.27. The molecule has 4 nitrogen and oxygen atoms in total. The van der Waals surface area contributed by atoms with Gasteiger partial charge in [-0.3, -0.25) is 10.2 Å². The van der Waals surface area contributed by atoms with Gasteiger partial charge in [0, 0.05) is 24.2 Å². The molecule has 0 radical (unpaired) electrons. The van der Waals surface area contributed by atoms with Gasteiger partial charge in [0.05, 0.1) is 0 Å². The third-order valence-corrected chi connectivity index (χ3v) is 3.27. The number of hydrazine groups is 1. The Hall–Kier alpha value is -1.83. The van der Waals surface area contributed by atoms with Gasteiger partial charge in [-0.05, 0) is 43.5 Å². The maximum atomic E-state index is 12.2. The van der Waals surface area contributed by atoms with Gasteiger partial charge in [-0.2, -0.15) is 0 Å². The minimum absolute atomic E-state index is 0.0948. The van der Waals surface area contributed by atoms with E-state index in [1.54, 1.807) is 6.07 Å². The summed E-state index contributed by atoms with van der Waals surface area (Å²) >= 11 is 0. The molecule has 20 heavy (non-hydrogen) atoms. The molecule has 1 amide bonds. The van der Waals surface area contributed by atoms with E-state index in [2.05, 4.69) is 17.3 Å². The lowest BCUT2D eigenvalue weighted by molar-refractivity contribution is 0.0750. The zero-order chi connectivity index (χ0) is 14.4. The Morgan fingerprint density at radius 2 is 2.05 bits per heavy atom. The Balaban J connectivity index is 2.10. The maximum Gasteiger partial charge on any atom is 0.265 e. The monoisotopic (exact) mass is 272 g/mol. The van der Waals surface area contributed by atoms with Gasteiger partial charge in [-0.1, -0.05) is 18.3 Å². The molecule has 0 spiro atoms. The van der Waals surface area contributed by atoms with Crippen molar-refractivity contribution in [2.24, 2.45) is 0 Å². The summed E-state index contributed by atoms with van der Waals surface area (Å²) in [4.78, 5) is 12.2. The molecular weight excluding hydrogens is 252 g/mol. The van der Waals surface area contributed by atoms with E-state index in [0.29, 0.717) is 5.56 Å². The molecule has 2 rings (SSSR count). The van der Waals surface area contributed by atoms with Crippen LogP contribution in [0.5, 0.6) is 0 Å². The van der Waals surface area contributed by atoms with E-state index >= 15 is 0 Å². The molecule has 4 heteroatoms. The van der Waals surface area contributed by atoms with Crippen LogP contribution in [0, 0.1) is 18.8 Å². The van der Waals surface area contributed by atoms with Crippen LogP contribution in [0.3, 0.4) is 0 Å². The first-order valence-electron chi connectivity index (χ1n) is 6.96. The number of nitrogens with one attached hydrogen (secondary N) is 1. The summed E-state index contributed by atoms with van der Waals surface area (Å²) in [5, 5.41) is 10.7. The summed E-state index contributed by atoms with van der Waals surface area (Å²) in [6.45, 7) is 3.58. The number of nitrogens with zero attached hydrogens (tertiary/aromatic N) is 1. The first-order chi connectivity index (χ1) is 9.69. The normalized spacial score (nSPS) is 15.3. The molecule has 106 valence electrons. The molecule has 1 aromatic carbocycles. The van der Waals surface area contributed by atoms with Crippen LogP contribution in [-0.2, 0) is 0 Å². The van der Waals surface area contributed by atoms with Gasteiger partial charge in [-0.15, -0.1) is 0 Å². The average Bonchev–Trinajstić information content (AvgIpc) is 2.45. The number of hydrogen-bond donors (Lipinski definition) is 2. The number of hydrogen-bond acceptors (Lipinski definition) is 3. The van der Waals surface area contributed by atoms with E-state index in [1.165, 1.54) is 6.42 Å². The molecule has 2 N–H and O–H groups in total. The van der Waals surface area contributed by atoms with Crippen LogP contribution >= 0.6 is 0 Å². The van der Waals surface area contributed by atoms with Crippen molar-refractivity contribution in [3.8, 4) is 11.8 Å². The number of carbonyl (C=O) groups is 1. The number of amides is 1. The molecule has 1 heterocycles. The lowest BCUT2D eigenvalue weighted by Gasteiger charge is -2.26. The summed E-state index contributed by atoms with van der Waals surface area (Å²) in [5.41, 5.74) is 5.29. The topological polar surface area (TPSA) is 52.6 Å². The van der Waals surface area contributed by atoms with Crippen LogP contribution in [0.1, 0.15) is 40.7 Å². The summed E-state index contributed by atoms with van der Waals surface area (Å²) in [6, 6.07) is 5.51. The predicted octanol–water partition coefficient (Wildman–Crippen LogP) is 1.47. The smallest absolute Gasteiger partial charge is 0.265 e. The van der Waals surface area contributed by atoms with Gasteiger partial charge in [0.1, 0.15) is 6.61 Å². The molecule has 0 bridgehead atoms. The van der Waals surface area contributed by atoms with E-state index in [1.807, 2.05) is 24.1 Å². The minimum atomic E-state index is -0.177. The summed E-state index contributed by atoms with van der Waals surface area (Å²) in [6.07, 6.45) is 3.49. The lowest BCUT2D eigenvalue weighted by atomic mass is 10.1. The van der Waals surface area contributed by atoms with Gasteiger partial charge in [0.25, 0.3) is 5.91 Å². The lowest BCUT2D eigenvalue weighted by Crippen LogP contribution is -2.45. The highest BCUT2D eigenvalue weighted by Crippen LogP contribution is 2.11. The summed E-state index contributed by atoms with van der Waals surface area (Å²) < 4.78 is 0. The van der Waals surface area contributed by atoms with Gasteiger partial charge in [0.2, 0.25) is 0 Å². The molecule has 0 unspecified atom stereocenters. The molecule has 0 aromatic heterocycles. The molecule has 1 aromatic rings. The molecule has 1 aliphatic rings. The second-order valence-electron chi connectivity index (χ2n) is 5.04. The highest BCUT2D eigenvalue weighted by atomic mass is 16.2. The molecule has 0 saturated carbocycles. The maximum absolute atomic E-state index is 12.2. The van der Waals surface area contributed by atoms with Gasteiger partial charge >= 0.3 is 0 Å². The zero-order valence-electron chi connectivity index (χ0n) is 11.8. The fraction of sp³-hybridized carbons (Fsp3) is 0.438. The molecule has 1 saturated heterocycles. The van der Waals surface area contributed by atoms with Crippen molar-refractivity contribution in [1.82, 2.24) is 10.4 Å². The third kappa shape index (κ3) is 4.09. The molecule has 1 aliphatic heterocycles. The number of aryl methyl sites for hydroxylation is 1. The van der Waals surface area contributed by atoms with Crippen LogP contribution in [0.25, 0.3) is 0 Å². The van der Waals surface area contributed by atoms with Crippen molar-refractivity contribution in [2.75, 3.05) is 19.7 Å². The number of piperidine rings is 1. The number of benzene rings is 1. The first kappa shape index (κ1) is 14.6. The zero-order valence-corrected chi connectivity index (χ0v) is 11.8. The van der Waals surface area contributed by atoms with E-state index in [9.17, 15) is 4.79 Å². The Bertz CT molecular complexity index is 537. The Kier molecular flexibility index (Phi) is 5.16. The molecule has 1 fully saturated rings. The fourth-order valence-corrected chi connectivity index (χ4v) is 2.34. The van der Waals surface area contributed by atoms with Gasteiger partial charge < -0.3 is 5.11 Å². The van der Waals surface area contributed by atoms with Crippen molar-refractivity contribution >= 4 is 5.91 Å². The van der Waals surface area contributed by atoms with E-state index in [4.69, 9.17) is 5.11 Å². The Morgan fingerprint density at radius 3 is 2.75 bits per heavy atom. The van der Waals surface area contributed by atoms with E-state index in [-0.39, 0.29) is 12.5 Å². The average molecular weight is 272 g/mol. The van der Waals surface area contributed by atoms with Crippen LogP contribution in [0.4, 0.5) is 0 Å². The number of aliphatic hydroxyl groups excluding tert-OH is 1. The predicted molar refractivity (Wildman–Crippen MR) is 78.0 cm³/mol. The van der Waals surface area contributed by atoms with Crippen LogP contribution in [0.15, 0.2) is 18.2 Å². The summed E-state index contributed by atoms with van der Waals surface area (Å²) in [7, 11) is 0. The summed E-state index contributed by atoms with van der Waals surface area (Å²) in [5.74, 6) is 5.35. The van der Waals surface area contributed by atoms with Crippen molar-refractivity contribution in [1.29, 1.82) is 0 Å². The van der Waals surface area contributed by atoms with Crippen molar-refractivity contribution in [2.45, 2.75) is 26.2 Å². The second-order valence-corrected chi connectivity index (χ2v) is 5.04. The SMILES string of the molecule is Cc1cc(C#CCO)cc(C(=O)NN2CCCCC2)c1. The van der Waals surface area contributed by atoms with Gasteiger partial charge in [-0.25, -0.2) is 5.01 Å².